The number of aliphatic carboxylic acids is 1. The lowest BCUT2D eigenvalue weighted by molar-refractivity contribution is -0.144. The number of ether oxygens (including phenoxy) is 1. The average molecular weight is 362 g/mol. The third kappa shape index (κ3) is 5.86. The van der Waals surface area contributed by atoms with E-state index in [2.05, 4.69) is 5.10 Å². The Kier molecular flexibility index (Phi) is 6.94. The maximum Gasteiger partial charge on any atom is 0.344 e. The number of hydrogen-bond donors (Lipinski definition) is 1. The highest BCUT2D eigenvalue weighted by molar-refractivity contribution is 7.71. The Morgan fingerprint density at radius 1 is 1.40 bits per heavy atom. The molecule has 0 bridgehead atoms. The lowest BCUT2D eigenvalue weighted by atomic mass is 10.1. The first-order valence-electron chi connectivity index (χ1n) is 8.16. The lowest BCUT2D eigenvalue weighted by Gasteiger charge is -2.10. The third-order valence-corrected chi connectivity index (χ3v) is 3.90. The molecule has 0 amide bonds. The SMILES string of the molecule is C/C=C/Cn1nc(CCCc2ccc(OC(C)C(=O)O)cc2)oc1=S. The van der Waals surface area contributed by atoms with Crippen molar-refractivity contribution in [2.45, 2.75) is 45.8 Å². The predicted octanol–water partition coefficient (Wildman–Crippen LogP) is 3.81. The van der Waals surface area contributed by atoms with Crippen molar-refractivity contribution in [2.24, 2.45) is 0 Å². The van der Waals surface area contributed by atoms with Gasteiger partial charge in [0, 0.05) is 6.42 Å². The number of nitrogens with zero attached hydrogens (tertiary/aromatic N) is 2. The first kappa shape index (κ1) is 18.9. The summed E-state index contributed by atoms with van der Waals surface area (Å²) in [6, 6.07) is 7.44. The molecule has 1 heterocycles. The third-order valence-electron chi connectivity index (χ3n) is 3.60. The normalized spacial score (nSPS) is 12.4. The van der Waals surface area contributed by atoms with Gasteiger partial charge in [0.15, 0.2) is 6.10 Å². The van der Waals surface area contributed by atoms with Crippen molar-refractivity contribution in [1.29, 1.82) is 0 Å². The Labute approximate surface area is 151 Å². The van der Waals surface area contributed by atoms with Crippen LogP contribution in [-0.4, -0.2) is 27.0 Å². The van der Waals surface area contributed by atoms with Crippen molar-refractivity contribution < 1.29 is 19.1 Å². The molecule has 0 aliphatic heterocycles. The van der Waals surface area contributed by atoms with E-state index in [0.717, 1.165) is 18.4 Å². The highest BCUT2D eigenvalue weighted by atomic mass is 32.1. The van der Waals surface area contributed by atoms with Crippen molar-refractivity contribution in [1.82, 2.24) is 9.78 Å². The van der Waals surface area contributed by atoms with Crippen LogP contribution in [0.5, 0.6) is 5.75 Å². The summed E-state index contributed by atoms with van der Waals surface area (Å²) < 4.78 is 12.5. The maximum absolute atomic E-state index is 10.8. The number of aryl methyl sites for hydroxylation is 2. The van der Waals surface area contributed by atoms with E-state index in [9.17, 15) is 4.79 Å². The highest BCUT2D eigenvalue weighted by Crippen LogP contribution is 2.16. The van der Waals surface area contributed by atoms with E-state index in [4.69, 9.17) is 26.5 Å². The van der Waals surface area contributed by atoms with Gasteiger partial charge >= 0.3 is 5.97 Å². The number of carbonyl (C=O) groups is 1. The van der Waals surface area contributed by atoms with E-state index in [1.54, 1.807) is 16.8 Å². The molecule has 2 aromatic rings. The quantitative estimate of drug-likeness (QED) is 0.540. The molecule has 1 unspecified atom stereocenters. The summed E-state index contributed by atoms with van der Waals surface area (Å²) in [5.74, 6) is 0.208. The van der Waals surface area contributed by atoms with Gasteiger partial charge in [-0.05, 0) is 56.6 Å². The summed E-state index contributed by atoms with van der Waals surface area (Å²) in [5.41, 5.74) is 1.14. The maximum atomic E-state index is 10.8. The van der Waals surface area contributed by atoms with Crippen LogP contribution in [-0.2, 0) is 24.2 Å². The molecule has 0 spiro atoms. The molecule has 0 fully saturated rings. The Hall–Kier alpha value is -2.41. The minimum atomic E-state index is -0.984. The zero-order chi connectivity index (χ0) is 18.2. The van der Waals surface area contributed by atoms with E-state index in [-0.39, 0.29) is 0 Å². The van der Waals surface area contributed by atoms with Crippen LogP contribution in [0.25, 0.3) is 0 Å². The number of carboxylic acids is 1. The van der Waals surface area contributed by atoms with Gasteiger partial charge in [0.1, 0.15) is 5.75 Å². The fourth-order valence-corrected chi connectivity index (χ4v) is 2.42. The molecule has 1 N–H and O–H groups in total. The average Bonchev–Trinajstić information content (AvgIpc) is 2.94. The Bertz CT molecular complexity index is 777. The van der Waals surface area contributed by atoms with Crippen LogP contribution in [0.4, 0.5) is 0 Å². The van der Waals surface area contributed by atoms with Gasteiger partial charge in [0.2, 0.25) is 5.89 Å². The van der Waals surface area contributed by atoms with Crippen molar-refractivity contribution in [3.05, 3.63) is 52.7 Å². The highest BCUT2D eigenvalue weighted by Gasteiger charge is 2.12. The largest absolute Gasteiger partial charge is 0.479 e. The molecule has 7 heteroatoms. The molecule has 1 atom stereocenters. The summed E-state index contributed by atoms with van der Waals surface area (Å²) in [5, 5.41) is 13.2. The molecule has 1 aromatic carbocycles. The summed E-state index contributed by atoms with van der Waals surface area (Å²) in [6.07, 6.45) is 5.50. The van der Waals surface area contributed by atoms with E-state index in [1.807, 2.05) is 31.2 Å². The van der Waals surface area contributed by atoms with Crippen LogP contribution in [0, 0.1) is 4.84 Å². The molecule has 6 nitrogen and oxygen atoms in total. The van der Waals surface area contributed by atoms with Crippen LogP contribution in [0.2, 0.25) is 0 Å². The van der Waals surface area contributed by atoms with Crippen LogP contribution in [0.15, 0.2) is 40.8 Å². The summed E-state index contributed by atoms with van der Waals surface area (Å²) in [7, 11) is 0. The monoisotopic (exact) mass is 362 g/mol. The molecular formula is C18H22N2O4S. The van der Waals surface area contributed by atoms with Crippen molar-refractivity contribution in [3.63, 3.8) is 0 Å². The van der Waals surface area contributed by atoms with Crippen LogP contribution < -0.4 is 4.74 Å². The number of hydrogen-bond acceptors (Lipinski definition) is 5. The summed E-state index contributed by atoms with van der Waals surface area (Å²) >= 11 is 5.14. The molecule has 134 valence electrons. The van der Waals surface area contributed by atoms with E-state index in [0.29, 0.717) is 29.4 Å². The van der Waals surface area contributed by atoms with Crippen molar-refractivity contribution in [2.75, 3.05) is 0 Å². The fraction of sp³-hybridized carbons (Fsp3) is 0.389. The minimum absolute atomic E-state index is 0.391. The second kappa shape index (κ2) is 9.17. The molecular weight excluding hydrogens is 340 g/mol. The number of carboxylic acid groups (broad SMARTS) is 1. The Morgan fingerprint density at radius 3 is 2.76 bits per heavy atom. The molecule has 0 radical (unpaired) electrons. The van der Waals surface area contributed by atoms with Crippen molar-refractivity contribution in [3.8, 4) is 5.75 Å². The molecule has 2 rings (SSSR count). The van der Waals surface area contributed by atoms with Gasteiger partial charge in [-0.25, -0.2) is 9.48 Å². The molecule has 0 saturated heterocycles. The molecule has 0 aliphatic carbocycles. The number of aromatic nitrogens is 2. The number of benzene rings is 1. The van der Waals surface area contributed by atoms with Gasteiger partial charge in [-0.2, -0.15) is 0 Å². The standard InChI is InChI=1S/C18H22N2O4S/c1-3-4-12-20-18(25)24-16(19-20)7-5-6-14-8-10-15(11-9-14)23-13(2)17(21)22/h3-4,8-11,13H,5-7,12H2,1-2H3,(H,21,22)/b4-3+. The van der Waals surface area contributed by atoms with E-state index in [1.165, 1.54) is 6.92 Å². The van der Waals surface area contributed by atoms with Gasteiger partial charge < -0.3 is 14.3 Å². The topological polar surface area (TPSA) is 77.5 Å². The van der Waals surface area contributed by atoms with Crippen LogP contribution in [0.1, 0.15) is 31.7 Å². The first-order valence-corrected chi connectivity index (χ1v) is 8.57. The predicted molar refractivity (Wildman–Crippen MR) is 96.3 cm³/mol. The van der Waals surface area contributed by atoms with Gasteiger partial charge in [-0.3, -0.25) is 0 Å². The molecule has 0 aliphatic rings. The molecule has 0 saturated carbocycles. The molecule has 25 heavy (non-hydrogen) atoms. The minimum Gasteiger partial charge on any atom is -0.479 e. The number of rotatable bonds is 9. The van der Waals surface area contributed by atoms with Gasteiger partial charge in [0.05, 0.1) is 6.54 Å². The smallest absolute Gasteiger partial charge is 0.344 e. The van der Waals surface area contributed by atoms with Crippen LogP contribution >= 0.6 is 12.2 Å². The Morgan fingerprint density at radius 2 is 2.12 bits per heavy atom. The Balaban J connectivity index is 1.83. The summed E-state index contributed by atoms with van der Waals surface area (Å²) in [6.45, 7) is 4.07. The zero-order valence-corrected chi connectivity index (χ0v) is 15.2. The second-order valence-corrected chi connectivity index (χ2v) is 5.96. The second-order valence-electron chi connectivity index (χ2n) is 5.61. The number of allylic oxidation sites excluding steroid dienone is 2. The van der Waals surface area contributed by atoms with Crippen LogP contribution in [0.3, 0.4) is 0 Å². The zero-order valence-electron chi connectivity index (χ0n) is 14.3. The van der Waals surface area contributed by atoms with Gasteiger partial charge in [-0.1, -0.05) is 24.3 Å². The van der Waals surface area contributed by atoms with E-state index < -0.39 is 12.1 Å². The van der Waals surface area contributed by atoms with Crippen molar-refractivity contribution >= 4 is 18.2 Å². The first-order chi connectivity index (χ1) is 12.0. The molecule has 1 aromatic heterocycles. The van der Waals surface area contributed by atoms with E-state index >= 15 is 0 Å². The van der Waals surface area contributed by atoms with Gasteiger partial charge in [-0.15, -0.1) is 5.10 Å². The summed E-state index contributed by atoms with van der Waals surface area (Å²) in [4.78, 5) is 11.2. The fourth-order valence-electron chi connectivity index (χ4n) is 2.20. The van der Waals surface area contributed by atoms with Gasteiger partial charge in [0.25, 0.3) is 4.84 Å². The lowest BCUT2D eigenvalue weighted by Crippen LogP contribution is -2.22.